The fourth-order valence-corrected chi connectivity index (χ4v) is 2.29. The number of pyridine rings is 1. The van der Waals surface area contributed by atoms with Gasteiger partial charge in [-0.1, -0.05) is 18.2 Å². The van der Waals surface area contributed by atoms with Crippen molar-refractivity contribution >= 4 is 0 Å². The van der Waals surface area contributed by atoms with E-state index in [9.17, 15) is 4.39 Å². The number of halogens is 1. The minimum absolute atomic E-state index is 0.196. The van der Waals surface area contributed by atoms with Crippen LogP contribution >= 0.6 is 0 Å². The number of benzene rings is 1. The van der Waals surface area contributed by atoms with Gasteiger partial charge in [-0.3, -0.25) is 4.98 Å². The maximum atomic E-state index is 13.3. The predicted molar refractivity (Wildman–Crippen MR) is 78.7 cm³/mol. The molecule has 0 aliphatic rings. The first-order chi connectivity index (χ1) is 10.3. The number of aromatic nitrogens is 3. The minimum Gasteiger partial charge on any atom is -0.308 e. The van der Waals surface area contributed by atoms with Crippen molar-refractivity contribution in [2.75, 3.05) is 7.05 Å². The fraction of sp³-hybridized carbons (Fsp3) is 0.125. The van der Waals surface area contributed by atoms with Crippen molar-refractivity contribution in [1.29, 1.82) is 0 Å². The molecule has 0 saturated heterocycles. The SMILES string of the molecule is CNC(c1cncc(F)c1)c1ccn(-c2ccccc2)n1. The Kier molecular flexibility index (Phi) is 3.75. The van der Waals surface area contributed by atoms with Gasteiger partial charge < -0.3 is 5.32 Å². The Balaban J connectivity index is 1.94. The largest absolute Gasteiger partial charge is 0.308 e. The average molecular weight is 282 g/mol. The summed E-state index contributed by atoms with van der Waals surface area (Å²) in [4.78, 5) is 3.89. The van der Waals surface area contributed by atoms with Gasteiger partial charge in [-0.25, -0.2) is 9.07 Å². The number of hydrogen-bond donors (Lipinski definition) is 1. The van der Waals surface area contributed by atoms with Crippen LogP contribution < -0.4 is 5.32 Å². The lowest BCUT2D eigenvalue weighted by Crippen LogP contribution is -2.19. The summed E-state index contributed by atoms with van der Waals surface area (Å²) in [5, 5.41) is 7.71. The van der Waals surface area contributed by atoms with Gasteiger partial charge >= 0.3 is 0 Å². The Morgan fingerprint density at radius 3 is 2.67 bits per heavy atom. The van der Waals surface area contributed by atoms with Crippen molar-refractivity contribution in [2.45, 2.75) is 6.04 Å². The van der Waals surface area contributed by atoms with Gasteiger partial charge in [0.1, 0.15) is 5.82 Å². The van der Waals surface area contributed by atoms with Crippen LogP contribution in [0.5, 0.6) is 0 Å². The summed E-state index contributed by atoms with van der Waals surface area (Å²) >= 11 is 0. The third-order valence-electron chi connectivity index (χ3n) is 3.27. The normalized spacial score (nSPS) is 12.3. The number of nitrogens with one attached hydrogen (secondary N) is 1. The van der Waals surface area contributed by atoms with E-state index in [1.54, 1.807) is 10.9 Å². The molecule has 2 aromatic heterocycles. The van der Waals surface area contributed by atoms with Crippen molar-refractivity contribution in [3.63, 3.8) is 0 Å². The van der Waals surface area contributed by atoms with Crippen molar-refractivity contribution in [3.8, 4) is 5.69 Å². The summed E-state index contributed by atoms with van der Waals surface area (Å²) in [5.41, 5.74) is 2.54. The van der Waals surface area contributed by atoms with Crippen LogP contribution in [0.4, 0.5) is 4.39 Å². The summed E-state index contributed by atoms with van der Waals surface area (Å²) < 4.78 is 15.1. The number of nitrogens with zero attached hydrogens (tertiary/aromatic N) is 3. The van der Waals surface area contributed by atoms with E-state index in [4.69, 9.17) is 0 Å². The zero-order valence-electron chi connectivity index (χ0n) is 11.6. The number of hydrogen-bond acceptors (Lipinski definition) is 3. The Hall–Kier alpha value is -2.53. The highest BCUT2D eigenvalue weighted by Crippen LogP contribution is 2.20. The second-order valence-electron chi connectivity index (χ2n) is 4.68. The standard InChI is InChI=1S/C16H15FN4/c1-18-16(12-9-13(17)11-19-10-12)15-7-8-21(20-15)14-5-3-2-4-6-14/h2-11,16,18H,1H3. The molecule has 4 nitrogen and oxygen atoms in total. The number of rotatable bonds is 4. The number of para-hydroxylation sites is 1. The average Bonchev–Trinajstić information content (AvgIpc) is 2.99. The van der Waals surface area contributed by atoms with Crippen LogP contribution in [0, 0.1) is 5.82 Å². The highest BCUT2D eigenvalue weighted by molar-refractivity contribution is 5.32. The lowest BCUT2D eigenvalue weighted by molar-refractivity contribution is 0.604. The molecule has 0 amide bonds. The molecule has 0 spiro atoms. The quantitative estimate of drug-likeness (QED) is 0.800. The van der Waals surface area contributed by atoms with E-state index < -0.39 is 0 Å². The Labute approximate surface area is 122 Å². The van der Waals surface area contributed by atoms with E-state index in [2.05, 4.69) is 15.4 Å². The van der Waals surface area contributed by atoms with Crippen LogP contribution in [0.3, 0.4) is 0 Å². The van der Waals surface area contributed by atoms with Crippen LogP contribution in [0.2, 0.25) is 0 Å². The molecule has 3 aromatic rings. The first-order valence-electron chi connectivity index (χ1n) is 6.66. The molecular weight excluding hydrogens is 267 g/mol. The van der Waals surface area contributed by atoms with Crippen LogP contribution in [-0.4, -0.2) is 21.8 Å². The second-order valence-corrected chi connectivity index (χ2v) is 4.68. The van der Waals surface area contributed by atoms with Gasteiger partial charge in [0.05, 0.1) is 23.6 Å². The van der Waals surface area contributed by atoms with Crippen LogP contribution in [0.25, 0.3) is 5.69 Å². The molecular formula is C16H15FN4. The Morgan fingerprint density at radius 2 is 1.95 bits per heavy atom. The van der Waals surface area contributed by atoms with Crippen molar-refractivity contribution in [3.05, 3.63) is 78.1 Å². The molecule has 1 N–H and O–H groups in total. The first-order valence-corrected chi connectivity index (χ1v) is 6.66. The van der Waals surface area contributed by atoms with Crippen LogP contribution in [0.1, 0.15) is 17.3 Å². The molecule has 0 radical (unpaired) electrons. The second kappa shape index (κ2) is 5.85. The smallest absolute Gasteiger partial charge is 0.141 e. The van der Waals surface area contributed by atoms with Gasteiger partial charge in [0.25, 0.3) is 0 Å². The maximum absolute atomic E-state index is 13.3. The molecule has 1 unspecified atom stereocenters. The summed E-state index contributed by atoms with van der Waals surface area (Å²) in [5.74, 6) is -0.352. The summed E-state index contributed by atoms with van der Waals surface area (Å²) in [6, 6.07) is 13.0. The highest BCUT2D eigenvalue weighted by atomic mass is 19.1. The molecule has 0 aliphatic carbocycles. The molecule has 21 heavy (non-hydrogen) atoms. The van der Waals surface area contributed by atoms with Gasteiger partial charge in [-0.2, -0.15) is 5.10 Å². The summed E-state index contributed by atoms with van der Waals surface area (Å²) in [6.07, 6.45) is 4.73. The van der Waals surface area contributed by atoms with E-state index in [0.29, 0.717) is 0 Å². The van der Waals surface area contributed by atoms with Gasteiger partial charge in [0.2, 0.25) is 0 Å². The molecule has 106 valence electrons. The molecule has 3 rings (SSSR count). The van der Waals surface area contributed by atoms with Gasteiger partial charge in [-0.05, 0) is 36.9 Å². The van der Waals surface area contributed by atoms with Crippen LogP contribution in [-0.2, 0) is 0 Å². The molecule has 1 aromatic carbocycles. The molecule has 0 fully saturated rings. The lowest BCUT2D eigenvalue weighted by Gasteiger charge is -2.13. The molecule has 0 aliphatic heterocycles. The van der Waals surface area contributed by atoms with E-state index in [1.807, 2.05) is 49.6 Å². The van der Waals surface area contributed by atoms with Crippen molar-refractivity contribution < 1.29 is 4.39 Å². The lowest BCUT2D eigenvalue weighted by atomic mass is 10.1. The van der Waals surface area contributed by atoms with Crippen molar-refractivity contribution in [1.82, 2.24) is 20.1 Å². The van der Waals surface area contributed by atoms with E-state index >= 15 is 0 Å². The molecule has 0 saturated carbocycles. The fourth-order valence-electron chi connectivity index (χ4n) is 2.29. The van der Waals surface area contributed by atoms with E-state index in [1.165, 1.54) is 12.3 Å². The van der Waals surface area contributed by atoms with E-state index in [0.717, 1.165) is 16.9 Å². The van der Waals surface area contributed by atoms with E-state index in [-0.39, 0.29) is 11.9 Å². The van der Waals surface area contributed by atoms with Gasteiger partial charge in [0.15, 0.2) is 0 Å². The maximum Gasteiger partial charge on any atom is 0.141 e. The summed E-state index contributed by atoms with van der Waals surface area (Å²) in [6.45, 7) is 0. The molecule has 1 atom stereocenters. The summed E-state index contributed by atoms with van der Waals surface area (Å²) in [7, 11) is 1.82. The Bertz CT molecular complexity index is 724. The third-order valence-corrected chi connectivity index (χ3v) is 3.27. The topological polar surface area (TPSA) is 42.7 Å². The Morgan fingerprint density at radius 1 is 1.14 bits per heavy atom. The third kappa shape index (κ3) is 2.83. The molecule has 5 heteroatoms. The highest BCUT2D eigenvalue weighted by Gasteiger charge is 2.16. The minimum atomic E-state index is -0.352. The van der Waals surface area contributed by atoms with Gasteiger partial charge in [-0.15, -0.1) is 0 Å². The molecule has 0 bridgehead atoms. The zero-order chi connectivity index (χ0) is 14.7. The first kappa shape index (κ1) is 13.5. The van der Waals surface area contributed by atoms with Crippen LogP contribution in [0.15, 0.2) is 61.1 Å². The predicted octanol–water partition coefficient (Wildman–Crippen LogP) is 2.72. The van der Waals surface area contributed by atoms with Gasteiger partial charge in [0, 0.05) is 12.4 Å². The monoisotopic (exact) mass is 282 g/mol. The van der Waals surface area contributed by atoms with Crippen molar-refractivity contribution in [2.24, 2.45) is 0 Å². The molecule has 2 heterocycles. The zero-order valence-corrected chi connectivity index (χ0v) is 11.6.